The van der Waals surface area contributed by atoms with Gasteiger partial charge in [-0.25, -0.2) is 0 Å². The Morgan fingerprint density at radius 2 is 2.31 bits per heavy atom. The molecule has 0 bridgehead atoms. The van der Waals surface area contributed by atoms with Crippen LogP contribution in [0.15, 0.2) is 29.0 Å². The highest BCUT2D eigenvalue weighted by molar-refractivity contribution is 9.10. The van der Waals surface area contributed by atoms with E-state index in [9.17, 15) is 0 Å². The number of nitrogens with zero attached hydrogens (tertiary/aromatic N) is 4. The van der Waals surface area contributed by atoms with E-state index in [1.54, 1.807) is 23.0 Å². The maximum absolute atomic E-state index is 8.63. The fraction of sp³-hybridized carbons (Fsp3) is 0.100. The second kappa shape index (κ2) is 4.33. The highest BCUT2D eigenvalue weighted by Crippen LogP contribution is 2.16. The van der Waals surface area contributed by atoms with Gasteiger partial charge in [-0.3, -0.25) is 9.67 Å². The summed E-state index contributed by atoms with van der Waals surface area (Å²) in [6.07, 6.45) is 3.33. The van der Waals surface area contributed by atoms with E-state index in [4.69, 9.17) is 11.0 Å². The zero-order valence-corrected chi connectivity index (χ0v) is 9.85. The number of nitrogen functional groups attached to an aromatic ring is 1. The van der Waals surface area contributed by atoms with Crippen LogP contribution in [0.4, 0.5) is 5.82 Å². The molecule has 0 aliphatic carbocycles. The summed E-state index contributed by atoms with van der Waals surface area (Å²) < 4.78 is 2.45. The monoisotopic (exact) mass is 277 g/mol. The number of halogens is 1. The van der Waals surface area contributed by atoms with Crippen molar-refractivity contribution in [3.63, 3.8) is 0 Å². The van der Waals surface area contributed by atoms with Crippen LogP contribution in [0.25, 0.3) is 0 Å². The average Bonchev–Trinajstić information content (AvgIpc) is 2.59. The molecule has 2 rings (SSSR count). The summed E-state index contributed by atoms with van der Waals surface area (Å²) in [4.78, 5) is 4.14. The van der Waals surface area contributed by atoms with E-state index in [0.29, 0.717) is 17.9 Å². The van der Waals surface area contributed by atoms with Gasteiger partial charge < -0.3 is 5.73 Å². The lowest BCUT2D eigenvalue weighted by molar-refractivity contribution is 0.675. The first-order valence-electron chi connectivity index (χ1n) is 4.52. The molecule has 0 aromatic carbocycles. The van der Waals surface area contributed by atoms with Crippen LogP contribution in [-0.2, 0) is 6.54 Å². The third kappa shape index (κ3) is 2.20. The van der Waals surface area contributed by atoms with Crippen molar-refractivity contribution < 1.29 is 0 Å². The largest absolute Gasteiger partial charge is 0.381 e. The number of aromatic nitrogens is 3. The zero-order chi connectivity index (χ0) is 11.5. The van der Waals surface area contributed by atoms with Crippen molar-refractivity contribution in [1.82, 2.24) is 14.8 Å². The van der Waals surface area contributed by atoms with E-state index in [1.807, 2.05) is 6.07 Å². The number of rotatable bonds is 2. The van der Waals surface area contributed by atoms with Crippen LogP contribution in [0.5, 0.6) is 0 Å². The molecule has 0 unspecified atom stereocenters. The summed E-state index contributed by atoms with van der Waals surface area (Å²) in [6.45, 7) is 0.529. The first-order valence-corrected chi connectivity index (χ1v) is 5.32. The summed E-state index contributed by atoms with van der Waals surface area (Å²) in [7, 11) is 0. The highest BCUT2D eigenvalue weighted by Gasteiger charge is 2.03. The van der Waals surface area contributed by atoms with Crippen molar-refractivity contribution in [1.29, 1.82) is 5.26 Å². The SMILES string of the molecule is N#Cc1ccc(Cn2cc(Br)c(N)n2)nc1. The van der Waals surface area contributed by atoms with E-state index in [2.05, 4.69) is 26.0 Å². The molecular weight excluding hydrogens is 270 g/mol. The van der Waals surface area contributed by atoms with Crippen molar-refractivity contribution >= 4 is 21.7 Å². The predicted octanol–water partition coefficient (Wildman–Crippen LogP) is 1.54. The molecule has 0 aliphatic rings. The summed E-state index contributed by atoms with van der Waals surface area (Å²) in [6, 6.07) is 5.54. The number of hydrogen-bond acceptors (Lipinski definition) is 4. The molecule has 0 saturated carbocycles. The van der Waals surface area contributed by atoms with Crippen molar-refractivity contribution in [3.05, 3.63) is 40.3 Å². The molecule has 0 fully saturated rings. The molecule has 2 aromatic heterocycles. The number of anilines is 1. The van der Waals surface area contributed by atoms with Crippen molar-refractivity contribution in [2.45, 2.75) is 6.54 Å². The van der Waals surface area contributed by atoms with Gasteiger partial charge in [-0.1, -0.05) is 0 Å². The molecule has 0 spiro atoms. The molecule has 0 radical (unpaired) electrons. The van der Waals surface area contributed by atoms with E-state index in [0.717, 1.165) is 10.2 Å². The van der Waals surface area contributed by atoms with Gasteiger partial charge in [-0.15, -0.1) is 0 Å². The quantitative estimate of drug-likeness (QED) is 0.903. The molecular formula is C10H8BrN5. The Bertz CT molecular complexity index is 518. The molecule has 0 amide bonds. The topological polar surface area (TPSA) is 80.5 Å². The molecule has 6 heteroatoms. The number of nitrogens with two attached hydrogens (primary N) is 1. The van der Waals surface area contributed by atoms with Crippen LogP contribution in [-0.4, -0.2) is 14.8 Å². The highest BCUT2D eigenvalue weighted by atomic mass is 79.9. The van der Waals surface area contributed by atoms with E-state index in [1.165, 1.54) is 6.20 Å². The first kappa shape index (κ1) is 10.6. The Morgan fingerprint density at radius 3 is 2.81 bits per heavy atom. The van der Waals surface area contributed by atoms with Crippen LogP contribution in [0.1, 0.15) is 11.3 Å². The second-order valence-corrected chi connectivity index (χ2v) is 4.06. The maximum Gasteiger partial charge on any atom is 0.159 e. The van der Waals surface area contributed by atoms with Gasteiger partial charge in [0.1, 0.15) is 6.07 Å². The molecule has 2 N–H and O–H groups in total. The van der Waals surface area contributed by atoms with Gasteiger partial charge in [0, 0.05) is 12.4 Å². The van der Waals surface area contributed by atoms with E-state index >= 15 is 0 Å². The van der Waals surface area contributed by atoms with Crippen LogP contribution in [0, 0.1) is 11.3 Å². The van der Waals surface area contributed by atoms with Crippen molar-refractivity contribution in [3.8, 4) is 6.07 Å². The Kier molecular flexibility index (Phi) is 2.88. The molecule has 0 saturated heterocycles. The van der Waals surface area contributed by atoms with Gasteiger partial charge in [0.2, 0.25) is 0 Å². The van der Waals surface area contributed by atoms with Crippen LogP contribution in [0.3, 0.4) is 0 Å². The van der Waals surface area contributed by atoms with Gasteiger partial charge in [0.05, 0.1) is 22.3 Å². The summed E-state index contributed by atoms with van der Waals surface area (Å²) >= 11 is 3.28. The lowest BCUT2D eigenvalue weighted by Crippen LogP contribution is -2.02. The average molecular weight is 278 g/mol. The third-order valence-electron chi connectivity index (χ3n) is 2.02. The normalized spacial score (nSPS) is 10.0. The summed E-state index contributed by atoms with van der Waals surface area (Å²) in [5.74, 6) is 0.452. The lowest BCUT2D eigenvalue weighted by Gasteiger charge is -2.00. The van der Waals surface area contributed by atoms with E-state index in [-0.39, 0.29) is 0 Å². The lowest BCUT2D eigenvalue weighted by atomic mass is 10.3. The van der Waals surface area contributed by atoms with Crippen molar-refractivity contribution in [2.75, 3.05) is 5.73 Å². The van der Waals surface area contributed by atoms with Gasteiger partial charge in [-0.2, -0.15) is 10.4 Å². The van der Waals surface area contributed by atoms with Crippen LogP contribution in [0.2, 0.25) is 0 Å². The van der Waals surface area contributed by atoms with Gasteiger partial charge >= 0.3 is 0 Å². The number of hydrogen-bond donors (Lipinski definition) is 1. The molecule has 5 nitrogen and oxygen atoms in total. The zero-order valence-electron chi connectivity index (χ0n) is 8.26. The molecule has 0 atom stereocenters. The molecule has 0 aliphatic heterocycles. The van der Waals surface area contributed by atoms with Gasteiger partial charge in [0.25, 0.3) is 0 Å². The van der Waals surface area contributed by atoms with Crippen LogP contribution >= 0.6 is 15.9 Å². The number of nitriles is 1. The predicted molar refractivity (Wildman–Crippen MR) is 62.4 cm³/mol. The smallest absolute Gasteiger partial charge is 0.159 e. The third-order valence-corrected chi connectivity index (χ3v) is 2.63. The molecule has 80 valence electrons. The van der Waals surface area contributed by atoms with Crippen molar-refractivity contribution in [2.24, 2.45) is 0 Å². The fourth-order valence-corrected chi connectivity index (χ4v) is 1.56. The Hall–Kier alpha value is -1.87. The second-order valence-electron chi connectivity index (χ2n) is 3.21. The molecule has 16 heavy (non-hydrogen) atoms. The molecule has 2 aromatic rings. The minimum absolute atomic E-state index is 0.452. The minimum atomic E-state index is 0.452. The summed E-state index contributed by atoms with van der Waals surface area (Å²) in [5, 5.41) is 12.7. The molecule has 2 heterocycles. The Morgan fingerprint density at radius 1 is 1.50 bits per heavy atom. The summed E-state index contributed by atoms with van der Waals surface area (Å²) in [5.41, 5.74) is 6.97. The minimum Gasteiger partial charge on any atom is -0.381 e. The Labute approximate surface area is 101 Å². The number of pyridine rings is 1. The fourth-order valence-electron chi connectivity index (χ4n) is 1.24. The van der Waals surface area contributed by atoms with Gasteiger partial charge in [0.15, 0.2) is 5.82 Å². The first-order chi connectivity index (χ1) is 7.69. The Balaban J connectivity index is 2.18. The maximum atomic E-state index is 8.63. The van der Waals surface area contributed by atoms with Gasteiger partial charge in [-0.05, 0) is 28.1 Å². The standard InChI is InChI=1S/C10H8BrN5/c11-9-6-16(15-10(9)13)5-8-2-1-7(3-12)4-14-8/h1-2,4,6H,5H2,(H2,13,15). The van der Waals surface area contributed by atoms with Crippen LogP contribution < -0.4 is 5.73 Å². The van der Waals surface area contributed by atoms with E-state index < -0.39 is 0 Å².